The van der Waals surface area contributed by atoms with Crippen molar-refractivity contribution >= 4 is 17.3 Å². The number of carbonyl (C=O) groups excluding carboxylic acids is 1. The third-order valence-corrected chi connectivity index (χ3v) is 4.44. The van der Waals surface area contributed by atoms with Crippen LogP contribution in [0.5, 0.6) is 5.75 Å². The van der Waals surface area contributed by atoms with E-state index < -0.39 is 11.6 Å². The molecule has 0 aromatic heterocycles. The molecule has 1 aliphatic rings. The topological polar surface area (TPSA) is 44.8 Å². The molecule has 1 heterocycles. The number of benzene rings is 2. The molecule has 144 valence electrons. The molecular formula is C20H23F2N3O2. The molecule has 5 nitrogen and oxygen atoms in total. The molecule has 0 fully saturated rings. The fraction of sp³-hybridized carbons (Fsp3) is 0.350. The monoisotopic (exact) mass is 375 g/mol. The van der Waals surface area contributed by atoms with Gasteiger partial charge in [-0.25, -0.2) is 8.78 Å². The second-order valence-electron chi connectivity index (χ2n) is 6.62. The van der Waals surface area contributed by atoms with E-state index in [1.54, 1.807) is 0 Å². The highest BCUT2D eigenvalue weighted by Crippen LogP contribution is 2.32. The molecule has 0 spiro atoms. The van der Waals surface area contributed by atoms with Gasteiger partial charge < -0.3 is 15.0 Å². The molecule has 0 saturated heterocycles. The SMILES string of the molecule is CCN1CC(CN(C)CC(=O)Nc2ccc(F)c(F)c2)Oc2ccccc21. The summed E-state index contributed by atoms with van der Waals surface area (Å²) in [6.45, 7) is 4.39. The highest BCUT2D eigenvalue weighted by atomic mass is 19.2. The van der Waals surface area contributed by atoms with E-state index in [9.17, 15) is 13.6 Å². The van der Waals surface area contributed by atoms with Crippen LogP contribution < -0.4 is 15.0 Å². The Labute approximate surface area is 157 Å². The molecular weight excluding hydrogens is 352 g/mol. The lowest BCUT2D eigenvalue weighted by molar-refractivity contribution is -0.117. The fourth-order valence-corrected chi connectivity index (χ4v) is 3.21. The smallest absolute Gasteiger partial charge is 0.238 e. The van der Waals surface area contributed by atoms with Crippen molar-refractivity contribution in [2.45, 2.75) is 13.0 Å². The summed E-state index contributed by atoms with van der Waals surface area (Å²) < 4.78 is 32.3. The van der Waals surface area contributed by atoms with Crippen LogP contribution in [0.4, 0.5) is 20.2 Å². The molecule has 27 heavy (non-hydrogen) atoms. The molecule has 7 heteroatoms. The number of hydrogen-bond acceptors (Lipinski definition) is 4. The first-order chi connectivity index (χ1) is 13.0. The molecule has 1 atom stereocenters. The van der Waals surface area contributed by atoms with Crippen molar-refractivity contribution in [3.8, 4) is 5.75 Å². The second-order valence-corrected chi connectivity index (χ2v) is 6.62. The van der Waals surface area contributed by atoms with Gasteiger partial charge in [-0.05, 0) is 38.2 Å². The molecule has 2 aromatic carbocycles. The van der Waals surface area contributed by atoms with E-state index in [0.717, 1.165) is 36.7 Å². The largest absolute Gasteiger partial charge is 0.485 e. The van der Waals surface area contributed by atoms with Gasteiger partial charge in [-0.1, -0.05) is 12.1 Å². The molecule has 0 radical (unpaired) electrons. The van der Waals surface area contributed by atoms with Gasteiger partial charge in [0.05, 0.1) is 18.8 Å². The maximum atomic E-state index is 13.2. The van der Waals surface area contributed by atoms with Gasteiger partial charge in [0, 0.05) is 24.8 Å². The normalized spacial score (nSPS) is 16.0. The summed E-state index contributed by atoms with van der Waals surface area (Å²) in [5.41, 5.74) is 1.31. The molecule has 0 bridgehead atoms. The van der Waals surface area contributed by atoms with Crippen LogP contribution in [0, 0.1) is 11.6 Å². The minimum atomic E-state index is -0.991. The number of ether oxygens (including phenoxy) is 1. The first-order valence-corrected chi connectivity index (χ1v) is 8.90. The number of amides is 1. The third-order valence-electron chi connectivity index (χ3n) is 4.44. The van der Waals surface area contributed by atoms with Gasteiger partial charge in [0.25, 0.3) is 0 Å². The number of rotatable bonds is 6. The average molecular weight is 375 g/mol. The van der Waals surface area contributed by atoms with Gasteiger partial charge in [-0.15, -0.1) is 0 Å². The van der Waals surface area contributed by atoms with E-state index in [1.165, 1.54) is 6.07 Å². The van der Waals surface area contributed by atoms with E-state index in [2.05, 4.69) is 17.1 Å². The van der Waals surface area contributed by atoms with Gasteiger partial charge in [0.15, 0.2) is 11.6 Å². The fourth-order valence-electron chi connectivity index (χ4n) is 3.21. The lowest BCUT2D eigenvalue weighted by Crippen LogP contribution is -2.46. The number of carbonyl (C=O) groups is 1. The number of halogens is 2. The maximum absolute atomic E-state index is 13.2. The Morgan fingerprint density at radius 1 is 1.26 bits per heavy atom. The third kappa shape index (κ3) is 4.74. The first-order valence-electron chi connectivity index (χ1n) is 8.90. The molecule has 1 amide bonds. The zero-order valence-corrected chi connectivity index (χ0v) is 15.4. The van der Waals surface area contributed by atoms with Crippen molar-refractivity contribution in [3.63, 3.8) is 0 Å². The number of likely N-dealkylation sites (N-methyl/N-ethyl adjacent to an activating group) is 2. The van der Waals surface area contributed by atoms with E-state index >= 15 is 0 Å². The Hall–Kier alpha value is -2.67. The number of nitrogens with zero attached hydrogens (tertiary/aromatic N) is 2. The van der Waals surface area contributed by atoms with E-state index in [4.69, 9.17) is 4.74 Å². The quantitative estimate of drug-likeness (QED) is 0.843. The van der Waals surface area contributed by atoms with Crippen molar-refractivity contribution < 1.29 is 18.3 Å². The van der Waals surface area contributed by atoms with Crippen LogP contribution in [0.3, 0.4) is 0 Å². The summed E-state index contributed by atoms with van der Waals surface area (Å²) in [4.78, 5) is 16.3. The average Bonchev–Trinajstić information content (AvgIpc) is 2.63. The van der Waals surface area contributed by atoms with Crippen LogP contribution in [-0.4, -0.2) is 50.1 Å². The van der Waals surface area contributed by atoms with Crippen molar-refractivity contribution in [3.05, 3.63) is 54.1 Å². The molecule has 2 aromatic rings. The molecule has 1 N–H and O–H groups in total. The number of hydrogen-bond donors (Lipinski definition) is 1. The van der Waals surface area contributed by atoms with Gasteiger partial charge in [-0.2, -0.15) is 0 Å². The van der Waals surface area contributed by atoms with Crippen LogP contribution in [0.25, 0.3) is 0 Å². The van der Waals surface area contributed by atoms with Gasteiger partial charge >= 0.3 is 0 Å². The van der Waals surface area contributed by atoms with Gasteiger partial charge in [-0.3, -0.25) is 9.69 Å². The van der Waals surface area contributed by atoms with E-state index in [0.29, 0.717) is 6.54 Å². The van der Waals surface area contributed by atoms with E-state index in [1.807, 2.05) is 36.2 Å². The number of anilines is 2. The molecule has 0 aliphatic carbocycles. The van der Waals surface area contributed by atoms with Crippen molar-refractivity contribution in [1.82, 2.24) is 4.90 Å². The number of nitrogens with one attached hydrogen (secondary N) is 1. The molecule has 1 aliphatic heterocycles. The van der Waals surface area contributed by atoms with Crippen molar-refractivity contribution in [2.24, 2.45) is 0 Å². The Morgan fingerprint density at radius 2 is 2.04 bits per heavy atom. The van der Waals surface area contributed by atoms with Gasteiger partial charge in [0.1, 0.15) is 11.9 Å². The molecule has 3 rings (SSSR count). The van der Waals surface area contributed by atoms with Crippen molar-refractivity contribution in [1.29, 1.82) is 0 Å². The van der Waals surface area contributed by atoms with Crippen LogP contribution in [0.2, 0.25) is 0 Å². The highest BCUT2D eigenvalue weighted by Gasteiger charge is 2.25. The minimum absolute atomic E-state index is 0.0686. The summed E-state index contributed by atoms with van der Waals surface area (Å²) in [5.74, 6) is -1.39. The number of fused-ring (bicyclic) bond motifs is 1. The van der Waals surface area contributed by atoms with E-state index in [-0.39, 0.29) is 24.2 Å². The predicted molar refractivity (Wildman–Crippen MR) is 101 cm³/mol. The lowest BCUT2D eigenvalue weighted by atomic mass is 10.2. The lowest BCUT2D eigenvalue weighted by Gasteiger charge is -2.37. The second kappa shape index (κ2) is 8.35. The zero-order chi connectivity index (χ0) is 19.4. The summed E-state index contributed by atoms with van der Waals surface area (Å²) >= 11 is 0. The summed E-state index contributed by atoms with van der Waals surface area (Å²) in [7, 11) is 1.82. The number of para-hydroxylation sites is 2. The first kappa shape index (κ1) is 19.1. The maximum Gasteiger partial charge on any atom is 0.238 e. The van der Waals surface area contributed by atoms with Gasteiger partial charge in [0.2, 0.25) is 5.91 Å². The van der Waals surface area contributed by atoms with Crippen LogP contribution in [-0.2, 0) is 4.79 Å². The Morgan fingerprint density at radius 3 is 2.78 bits per heavy atom. The van der Waals surface area contributed by atoms with Crippen LogP contribution in [0.15, 0.2) is 42.5 Å². The standard InChI is InChI=1S/C20H23F2N3O2/c1-3-25-12-15(27-19-7-5-4-6-18(19)25)11-24(2)13-20(26)23-14-8-9-16(21)17(22)10-14/h4-10,15H,3,11-13H2,1-2H3,(H,23,26). The summed E-state index contributed by atoms with van der Waals surface area (Å²) in [6, 6.07) is 11.2. The molecule has 1 unspecified atom stereocenters. The Bertz CT molecular complexity index is 816. The Kier molecular flexibility index (Phi) is 5.91. The van der Waals surface area contributed by atoms with Crippen molar-refractivity contribution in [2.75, 3.05) is 43.4 Å². The summed E-state index contributed by atoms with van der Waals surface area (Å²) in [5, 5.41) is 2.58. The minimum Gasteiger partial charge on any atom is -0.485 e. The van der Waals surface area contributed by atoms with Crippen LogP contribution >= 0.6 is 0 Å². The Balaban J connectivity index is 1.55. The summed E-state index contributed by atoms with van der Waals surface area (Å²) in [6.07, 6.45) is -0.0686. The van der Waals surface area contributed by atoms with Crippen LogP contribution in [0.1, 0.15) is 6.92 Å². The predicted octanol–water partition coefficient (Wildman–Crippen LogP) is 3.12. The zero-order valence-electron chi connectivity index (χ0n) is 15.4. The molecule has 0 saturated carbocycles. The highest BCUT2D eigenvalue weighted by molar-refractivity contribution is 5.92.